The maximum Gasteiger partial charge on any atom is 0.336 e. The summed E-state index contributed by atoms with van der Waals surface area (Å²) in [5.41, 5.74) is 0.716. The van der Waals surface area contributed by atoms with Crippen LogP contribution in [0, 0.1) is 13.8 Å². The zero-order valence-electron chi connectivity index (χ0n) is 11.3. The van der Waals surface area contributed by atoms with Crippen molar-refractivity contribution in [2.24, 2.45) is 0 Å². The van der Waals surface area contributed by atoms with Gasteiger partial charge in [0.25, 0.3) is 5.91 Å². The van der Waals surface area contributed by atoms with E-state index >= 15 is 0 Å². The average molecular weight is 283 g/mol. The minimum absolute atomic E-state index is 0.0425. The van der Waals surface area contributed by atoms with Crippen LogP contribution < -0.4 is 0 Å². The van der Waals surface area contributed by atoms with Gasteiger partial charge >= 0.3 is 5.97 Å². The Hall–Kier alpha value is -1.40. The Morgan fingerprint density at radius 1 is 1.47 bits per heavy atom. The van der Waals surface area contributed by atoms with Crippen LogP contribution in [0.5, 0.6) is 0 Å². The number of esters is 1. The van der Waals surface area contributed by atoms with Crippen LogP contribution in [-0.4, -0.2) is 49.7 Å². The summed E-state index contributed by atoms with van der Waals surface area (Å²) in [6.45, 7) is 5.02. The molecule has 1 aromatic heterocycles. The Labute approximate surface area is 116 Å². The minimum atomic E-state index is -0.678. The Balaban J connectivity index is 2.11. The molecule has 0 bridgehead atoms. The Morgan fingerprint density at radius 3 is 2.79 bits per heavy atom. The van der Waals surface area contributed by atoms with Crippen molar-refractivity contribution in [3.05, 3.63) is 21.4 Å². The summed E-state index contributed by atoms with van der Waals surface area (Å²) in [5, 5.41) is 0. The number of methoxy groups -OCH3 is 1. The Morgan fingerprint density at radius 2 is 2.21 bits per heavy atom. The van der Waals surface area contributed by atoms with Crippen molar-refractivity contribution < 1.29 is 19.1 Å². The summed E-state index contributed by atoms with van der Waals surface area (Å²) >= 11 is 1.60. The molecular formula is C13H17NO4S. The predicted molar refractivity (Wildman–Crippen MR) is 71.5 cm³/mol. The van der Waals surface area contributed by atoms with E-state index < -0.39 is 12.1 Å². The van der Waals surface area contributed by atoms with Crippen LogP contribution in [0.15, 0.2) is 6.07 Å². The van der Waals surface area contributed by atoms with Gasteiger partial charge in [0.15, 0.2) is 6.10 Å². The summed E-state index contributed by atoms with van der Waals surface area (Å²) in [5.74, 6) is -0.477. The highest BCUT2D eigenvalue weighted by Gasteiger charge is 2.31. The number of thiophene rings is 1. The third kappa shape index (κ3) is 2.96. The van der Waals surface area contributed by atoms with Crippen LogP contribution in [0.3, 0.4) is 0 Å². The summed E-state index contributed by atoms with van der Waals surface area (Å²) in [6, 6.07) is 1.89. The average Bonchev–Trinajstić information content (AvgIpc) is 2.76. The first-order valence-electron chi connectivity index (χ1n) is 6.08. The van der Waals surface area contributed by atoms with Crippen LogP contribution >= 0.6 is 11.3 Å². The van der Waals surface area contributed by atoms with Crippen LogP contribution in [0.25, 0.3) is 0 Å². The molecule has 0 aliphatic carbocycles. The van der Waals surface area contributed by atoms with Gasteiger partial charge in [-0.1, -0.05) is 0 Å². The van der Waals surface area contributed by atoms with Gasteiger partial charge in [-0.2, -0.15) is 0 Å². The molecule has 0 saturated carbocycles. The van der Waals surface area contributed by atoms with E-state index in [1.165, 1.54) is 7.11 Å². The van der Waals surface area contributed by atoms with E-state index in [2.05, 4.69) is 4.74 Å². The number of ether oxygens (including phenoxy) is 2. The molecule has 0 spiro atoms. The van der Waals surface area contributed by atoms with E-state index in [9.17, 15) is 9.59 Å². The van der Waals surface area contributed by atoms with Crippen molar-refractivity contribution in [1.29, 1.82) is 0 Å². The van der Waals surface area contributed by atoms with Crippen LogP contribution in [0.2, 0.25) is 0 Å². The fourth-order valence-electron chi connectivity index (χ4n) is 2.12. The number of amides is 1. The maximum absolute atomic E-state index is 12.4. The molecule has 1 aliphatic heterocycles. The minimum Gasteiger partial charge on any atom is -0.467 e. The number of nitrogens with zero attached hydrogens (tertiary/aromatic N) is 1. The molecule has 6 heteroatoms. The molecular weight excluding hydrogens is 266 g/mol. The molecule has 1 unspecified atom stereocenters. The zero-order chi connectivity index (χ0) is 14.0. The van der Waals surface area contributed by atoms with Crippen LogP contribution in [0.1, 0.15) is 20.1 Å². The van der Waals surface area contributed by atoms with E-state index in [-0.39, 0.29) is 12.5 Å². The molecule has 1 atom stereocenters. The topological polar surface area (TPSA) is 55.8 Å². The van der Waals surface area contributed by atoms with Crippen molar-refractivity contribution in [2.45, 2.75) is 20.0 Å². The largest absolute Gasteiger partial charge is 0.467 e. The fourth-order valence-corrected chi connectivity index (χ4v) is 3.04. The molecule has 0 aromatic carbocycles. The molecule has 5 nitrogen and oxygen atoms in total. The molecule has 1 amide bonds. The number of hydrogen-bond donors (Lipinski definition) is 0. The molecule has 1 aliphatic rings. The van der Waals surface area contributed by atoms with Gasteiger partial charge in [0.2, 0.25) is 0 Å². The Bertz CT molecular complexity index is 497. The lowest BCUT2D eigenvalue weighted by Gasteiger charge is -2.31. The van der Waals surface area contributed by atoms with E-state index in [0.29, 0.717) is 18.7 Å². The molecule has 2 rings (SSSR count). The molecule has 19 heavy (non-hydrogen) atoms. The van der Waals surface area contributed by atoms with E-state index in [1.807, 2.05) is 19.9 Å². The smallest absolute Gasteiger partial charge is 0.336 e. The lowest BCUT2D eigenvalue weighted by Crippen LogP contribution is -2.48. The second-order valence-electron chi connectivity index (χ2n) is 4.46. The first-order valence-corrected chi connectivity index (χ1v) is 6.90. The second kappa shape index (κ2) is 5.71. The number of aryl methyl sites for hydroxylation is 2. The van der Waals surface area contributed by atoms with E-state index in [0.717, 1.165) is 9.75 Å². The van der Waals surface area contributed by atoms with Gasteiger partial charge in [-0.05, 0) is 19.9 Å². The molecule has 104 valence electrons. The van der Waals surface area contributed by atoms with Crippen LogP contribution in [-0.2, 0) is 14.3 Å². The first-order chi connectivity index (χ1) is 9.02. The molecule has 1 saturated heterocycles. The second-order valence-corrected chi connectivity index (χ2v) is 5.92. The van der Waals surface area contributed by atoms with E-state index in [1.54, 1.807) is 16.2 Å². The summed E-state index contributed by atoms with van der Waals surface area (Å²) in [4.78, 5) is 27.6. The number of carbonyl (C=O) groups is 2. The molecule has 0 N–H and O–H groups in total. The standard InChI is InChI=1S/C13H17NO4S/c1-8-6-10(9(2)19-8)12(15)14-4-5-18-11(7-14)13(16)17-3/h6,11H,4-5,7H2,1-3H3. The van der Waals surface area contributed by atoms with Gasteiger partial charge in [0.1, 0.15) is 0 Å². The highest BCUT2D eigenvalue weighted by molar-refractivity contribution is 7.12. The first kappa shape index (κ1) is 14.0. The van der Waals surface area contributed by atoms with Crippen molar-refractivity contribution in [3.63, 3.8) is 0 Å². The lowest BCUT2D eigenvalue weighted by molar-refractivity contribution is -0.158. The molecule has 2 heterocycles. The van der Waals surface area contributed by atoms with Crippen molar-refractivity contribution in [2.75, 3.05) is 26.8 Å². The third-order valence-corrected chi connectivity index (χ3v) is 4.06. The van der Waals surface area contributed by atoms with Gasteiger partial charge in [-0.3, -0.25) is 4.79 Å². The van der Waals surface area contributed by atoms with Gasteiger partial charge in [-0.25, -0.2) is 4.79 Å². The SMILES string of the molecule is COC(=O)C1CN(C(=O)c2cc(C)sc2C)CCO1. The number of morpholine rings is 1. The lowest BCUT2D eigenvalue weighted by atomic mass is 10.2. The predicted octanol–water partition coefficient (Wildman–Crippen LogP) is 1.38. The third-order valence-electron chi connectivity index (χ3n) is 3.09. The van der Waals surface area contributed by atoms with Gasteiger partial charge in [0, 0.05) is 16.3 Å². The highest BCUT2D eigenvalue weighted by atomic mass is 32.1. The molecule has 1 aromatic rings. The van der Waals surface area contributed by atoms with Crippen molar-refractivity contribution in [3.8, 4) is 0 Å². The van der Waals surface area contributed by atoms with Gasteiger partial charge < -0.3 is 14.4 Å². The quantitative estimate of drug-likeness (QED) is 0.769. The number of hydrogen-bond acceptors (Lipinski definition) is 5. The van der Waals surface area contributed by atoms with Gasteiger partial charge in [0.05, 0.1) is 25.8 Å². The van der Waals surface area contributed by atoms with Gasteiger partial charge in [-0.15, -0.1) is 11.3 Å². The normalized spacial score (nSPS) is 19.3. The number of rotatable bonds is 2. The Kier molecular flexibility index (Phi) is 4.21. The van der Waals surface area contributed by atoms with E-state index in [4.69, 9.17) is 4.74 Å². The zero-order valence-corrected chi connectivity index (χ0v) is 12.1. The maximum atomic E-state index is 12.4. The molecule has 0 radical (unpaired) electrons. The number of carbonyl (C=O) groups excluding carboxylic acids is 2. The van der Waals surface area contributed by atoms with Crippen LogP contribution in [0.4, 0.5) is 0 Å². The highest BCUT2D eigenvalue weighted by Crippen LogP contribution is 2.23. The summed E-state index contributed by atoms with van der Waals surface area (Å²) < 4.78 is 9.97. The molecule has 1 fully saturated rings. The summed E-state index contributed by atoms with van der Waals surface area (Å²) in [6.07, 6.45) is -0.678. The van der Waals surface area contributed by atoms with Crippen molar-refractivity contribution in [1.82, 2.24) is 4.90 Å². The monoisotopic (exact) mass is 283 g/mol. The summed E-state index contributed by atoms with van der Waals surface area (Å²) in [7, 11) is 1.32. The fraction of sp³-hybridized carbons (Fsp3) is 0.538. The van der Waals surface area contributed by atoms with Crippen molar-refractivity contribution >= 4 is 23.2 Å².